The fourth-order valence-corrected chi connectivity index (χ4v) is 0.818. The van der Waals surface area contributed by atoms with Gasteiger partial charge in [0.1, 0.15) is 6.10 Å². The molecule has 0 bridgehead atoms. The van der Waals surface area contributed by atoms with Crippen molar-refractivity contribution in [3.05, 3.63) is 10.1 Å². The maximum absolute atomic E-state index is 10.2. The van der Waals surface area contributed by atoms with Crippen LogP contribution in [0.5, 0.6) is 0 Å². The van der Waals surface area contributed by atoms with Gasteiger partial charge in [-0.1, -0.05) is 6.92 Å². The molecule has 0 aromatic carbocycles. The third-order valence-corrected chi connectivity index (χ3v) is 2.17. The van der Waals surface area contributed by atoms with E-state index in [1.807, 2.05) is 0 Å². The van der Waals surface area contributed by atoms with E-state index in [4.69, 9.17) is 5.11 Å². The van der Waals surface area contributed by atoms with E-state index in [2.05, 4.69) is 15.9 Å². The van der Waals surface area contributed by atoms with Gasteiger partial charge in [-0.05, 0) is 6.42 Å². The van der Waals surface area contributed by atoms with E-state index in [1.165, 1.54) is 6.92 Å². The van der Waals surface area contributed by atoms with Gasteiger partial charge in [-0.3, -0.25) is 10.1 Å². The van der Waals surface area contributed by atoms with Crippen LogP contribution in [0.2, 0.25) is 0 Å². The van der Waals surface area contributed by atoms with Crippen molar-refractivity contribution in [1.82, 2.24) is 0 Å². The summed E-state index contributed by atoms with van der Waals surface area (Å²) in [4.78, 5) is 9.68. The third kappa shape index (κ3) is 1.91. The molecule has 0 saturated heterocycles. The highest BCUT2D eigenvalue weighted by Gasteiger charge is 2.40. The van der Waals surface area contributed by atoms with E-state index in [9.17, 15) is 10.1 Å². The Morgan fingerprint density at radius 2 is 2.30 bits per heavy atom. The minimum absolute atomic E-state index is 0.364. The molecule has 0 fully saturated rings. The SMILES string of the molecule is CCC(O)C(C)(Br)[N+](=O)[O-]. The third-order valence-electron chi connectivity index (χ3n) is 1.35. The number of hydrogen-bond acceptors (Lipinski definition) is 3. The summed E-state index contributed by atoms with van der Waals surface area (Å²) < 4.78 is -1.40. The molecule has 0 aliphatic heterocycles. The Morgan fingerprint density at radius 1 is 1.90 bits per heavy atom. The fourth-order valence-electron chi connectivity index (χ4n) is 0.494. The molecule has 0 aliphatic carbocycles. The first-order chi connectivity index (χ1) is 4.42. The Labute approximate surface area is 67.5 Å². The van der Waals surface area contributed by atoms with Crippen LogP contribution in [0.25, 0.3) is 0 Å². The largest absolute Gasteiger partial charge is 0.385 e. The van der Waals surface area contributed by atoms with Gasteiger partial charge >= 0.3 is 0 Å². The first-order valence-corrected chi connectivity index (χ1v) is 3.73. The van der Waals surface area contributed by atoms with E-state index in [1.54, 1.807) is 6.92 Å². The summed E-state index contributed by atoms with van der Waals surface area (Å²) in [7, 11) is 0. The Morgan fingerprint density at radius 3 is 2.40 bits per heavy atom. The molecule has 0 spiro atoms. The lowest BCUT2D eigenvalue weighted by Crippen LogP contribution is -2.40. The Balaban J connectivity index is 4.23. The molecule has 60 valence electrons. The number of nitrogens with zero attached hydrogens (tertiary/aromatic N) is 1. The van der Waals surface area contributed by atoms with E-state index >= 15 is 0 Å². The summed E-state index contributed by atoms with van der Waals surface area (Å²) in [6.45, 7) is 3.02. The molecule has 0 saturated carbocycles. The maximum Gasteiger partial charge on any atom is 0.297 e. The highest BCUT2D eigenvalue weighted by Crippen LogP contribution is 2.24. The fraction of sp³-hybridized carbons (Fsp3) is 1.00. The number of hydrogen-bond donors (Lipinski definition) is 1. The summed E-state index contributed by atoms with van der Waals surface area (Å²) >= 11 is 2.82. The van der Waals surface area contributed by atoms with Crippen LogP contribution in [0.15, 0.2) is 0 Å². The zero-order chi connectivity index (χ0) is 8.36. The minimum atomic E-state index is -1.40. The van der Waals surface area contributed by atoms with Gasteiger partial charge in [0.25, 0.3) is 4.45 Å². The molecule has 5 heteroatoms. The van der Waals surface area contributed by atoms with Crippen LogP contribution in [0.3, 0.4) is 0 Å². The zero-order valence-electron chi connectivity index (χ0n) is 5.87. The normalized spacial score (nSPS) is 19.6. The number of alkyl halides is 1. The lowest BCUT2D eigenvalue weighted by molar-refractivity contribution is -0.543. The van der Waals surface area contributed by atoms with Gasteiger partial charge in [-0.15, -0.1) is 0 Å². The average molecular weight is 212 g/mol. The van der Waals surface area contributed by atoms with Crippen molar-refractivity contribution in [1.29, 1.82) is 0 Å². The number of aliphatic hydroxyl groups excluding tert-OH is 1. The number of halogens is 1. The van der Waals surface area contributed by atoms with Gasteiger partial charge in [0, 0.05) is 27.8 Å². The van der Waals surface area contributed by atoms with Gasteiger partial charge in [-0.25, -0.2) is 0 Å². The molecule has 0 aromatic heterocycles. The van der Waals surface area contributed by atoms with Gasteiger partial charge < -0.3 is 5.11 Å². The molecule has 0 amide bonds. The van der Waals surface area contributed by atoms with Crippen LogP contribution in [0.4, 0.5) is 0 Å². The van der Waals surface area contributed by atoms with Crippen molar-refractivity contribution in [3.63, 3.8) is 0 Å². The summed E-state index contributed by atoms with van der Waals surface area (Å²) in [5.41, 5.74) is 0. The molecule has 0 heterocycles. The zero-order valence-corrected chi connectivity index (χ0v) is 7.46. The summed E-state index contributed by atoms with van der Waals surface area (Å²) in [5, 5.41) is 19.3. The van der Waals surface area contributed by atoms with E-state index in [0.717, 1.165) is 0 Å². The average Bonchev–Trinajstić information content (AvgIpc) is 1.86. The van der Waals surface area contributed by atoms with E-state index in [0.29, 0.717) is 6.42 Å². The van der Waals surface area contributed by atoms with Crippen LogP contribution in [-0.4, -0.2) is 20.6 Å². The first-order valence-electron chi connectivity index (χ1n) is 2.94. The first kappa shape index (κ1) is 9.84. The Kier molecular flexibility index (Phi) is 3.24. The van der Waals surface area contributed by atoms with E-state index in [-0.39, 0.29) is 0 Å². The molecule has 10 heavy (non-hydrogen) atoms. The predicted molar refractivity (Wildman–Crippen MR) is 40.6 cm³/mol. The van der Waals surface area contributed by atoms with Crippen LogP contribution in [0, 0.1) is 10.1 Å². The molecule has 0 rings (SSSR count). The van der Waals surface area contributed by atoms with Crippen molar-refractivity contribution < 1.29 is 10.0 Å². The number of nitro groups is 1. The van der Waals surface area contributed by atoms with Crippen LogP contribution in [-0.2, 0) is 0 Å². The van der Waals surface area contributed by atoms with Crippen LogP contribution < -0.4 is 0 Å². The molecule has 2 atom stereocenters. The van der Waals surface area contributed by atoms with Crippen molar-refractivity contribution in [2.24, 2.45) is 0 Å². The molecule has 2 unspecified atom stereocenters. The van der Waals surface area contributed by atoms with Gasteiger partial charge in [0.2, 0.25) is 0 Å². The molecule has 0 aliphatic rings. The molecule has 1 N–H and O–H groups in total. The van der Waals surface area contributed by atoms with Crippen LogP contribution >= 0.6 is 15.9 Å². The molecule has 0 aromatic rings. The highest BCUT2D eigenvalue weighted by atomic mass is 79.9. The van der Waals surface area contributed by atoms with Gasteiger partial charge in [0.15, 0.2) is 0 Å². The minimum Gasteiger partial charge on any atom is -0.385 e. The van der Waals surface area contributed by atoms with Crippen molar-refractivity contribution in [2.75, 3.05) is 0 Å². The smallest absolute Gasteiger partial charge is 0.297 e. The summed E-state index contributed by atoms with van der Waals surface area (Å²) in [5.74, 6) is 0. The van der Waals surface area contributed by atoms with Crippen molar-refractivity contribution >= 4 is 15.9 Å². The quantitative estimate of drug-likeness (QED) is 0.330. The maximum atomic E-state index is 10.2. The van der Waals surface area contributed by atoms with Crippen molar-refractivity contribution in [3.8, 4) is 0 Å². The Bertz CT molecular complexity index is 137. The number of aliphatic hydroxyl groups is 1. The topological polar surface area (TPSA) is 63.4 Å². The van der Waals surface area contributed by atoms with Gasteiger partial charge in [0.05, 0.1) is 0 Å². The monoisotopic (exact) mass is 211 g/mol. The second-order valence-electron chi connectivity index (χ2n) is 2.21. The molecule has 4 nitrogen and oxygen atoms in total. The summed E-state index contributed by atoms with van der Waals surface area (Å²) in [6.07, 6.45) is -0.578. The molecular weight excluding hydrogens is 202 g/mol. The summed E-state index contributed by atoms with van der Waals surface area (Å²) in [6, 6.07) is 0. The second kappa shape index (κ2) is 3.30. The van der Waals surface area contributed by atoms with E-state index < -0.39 is 15.5 Å². The molecular formula is C5H10BrNO3. The Hall–Kier alpha value is -0.160. The lowest BCUT2D eigenvalue weighted by Gasteiger charge is -2.18. The highest BCUT2D eigenvalue weighted by molar-refractivity contribution is 9.10. The number of rotatable bonds is 3. The second-order valence-corrected chi connectivity index (χ2v) is 3.81. The molecule has 0 radical (unpaired) electrons. The standard InChI is InChI=1S/C5H10BrNO3/c1-3-4(8)5(2,6)7(9)10/h4,8H,3H2,1-2H3. The van der Waals surface area contributed by atoms with Crippen LogP contribution in [0.1, 0.15) is 20.3 Å². The van der Waals surface area contributed by atoms with Crippen molar-refractivity contribution in [2.45, 2.75) is 30.8 Å². The predicted octanol–water partition coefficient (Wildman–Crippen LogP) is 1.15. The van der Waals surface area contributed by atoms with Gasteiger partial charge in [-0.2, -0.15) is 0 Å². The lowest BCUT2D eigenvalue weighted by atomic mass is 10.1.